The maximum absolute atomic E-state index is 12.1. The SMILES string of the molecule is CC(C)C(=O)N1CCC(C(=O)NCc2cccnc2)CC1. The second kappa shape index (κ2) is 7.20. The van der Waals surface area contributed by atoms with Crippen LogP contribution in [0.15, 0.2) is 24.5 Å². The van der Waals surface area contributed by atoms with Crippen LogP contribution in [0.25, 0.3) is 0 Å². The summed E-state index contributed by atoms with van der Waals surface area (Å²) in [6.45, 7) is 5.70. The molecule has 0 atom stereocenters. The molecule has 1 N–H and O–H groups in total. The van der Waals surface area contributed by atoms with Crippen molar-refractivity contribution in [3.63, 3.8) is 0 Å². The molecule has 1 aliphatic rings. The molecule has 21 heavy (non-hydrogen) atoms. The summed E-state index contributed by atoms with van der Waals surface area (Å²) in [5.41, 5.74) is 0.998. The number of hydrogen-bond donors (Lipinski definition) is 1. The third-order valence-electron chi connectivity index (χ3n) is 3.86. The molecule has 1 aliphatic heterocycles. The first-order valence-electron chi connectivity index (χ1n) is 7.53. The summed E-state index contributed by atoms with van der Waals surface area (Å²) in [5.74, 6) is 0.304. The summed E-state index contributed by atoms with van der Waals surface area (Å²) >= 11 is 0. The molecule has 0 bridgehead atoms. The molecule has 0 saturated carbocycles. The molecule has 1 fully saturated rings. The van der Waals surface area contributed by atoms with Gasteiger partial charge in [0, 0.05) is 43.9 Å². The zero-order chi connectivity index (χ0) is 15.2. The highest BCUT2D eigenvalue weighted by Crippen LogP contribution is 2.19. The highest BCUT2D eigenvalue weighted by molar-refractivity contribution is 5.80. The molecule has 0 aromatic carbocycles. The Balaban J connectivity index is 1.77. The van der Waals surface area contributed by atoms with E-state index in [1.807, 2.05) is 30.9 Å². The molecule has 2 amide bonds. The molecule has 0 aliphatic carbocycles. The van der Waals surface area contributed by atoms with Crippen molar-refractivity contribution in [2.75, 3.05) is 13.1 Å². The van der Waals surface area contributed by atoms with E-state index in [0.29, 0.717) is 19.6 Å². The fourth-order valence-corrected chi connectivity index (χ4v) is 2.56. The first kappa shape index (κ1) is 15.5. The predicted octanol–water partition coefficient (Wildman–Crippen LogP) is 1.59. The minimum absolute atomic E-state index is 0.0119. The maximum Gasteiger partial charge on any atom is 0.225 e. The van der Waals surface area contributed by atoms with Crippen molar-refractivity contribution < 1.29 is 9.59 Å². The van der Waals surface area contributed by atoms with Crippen molar-refractivity contribution in [2.24, 2.45) is 11.8 Å². The fourth-order valence-electron chi connectivity index (χ4n) is 2.56. The number of nitrogens with zero attached hydrogens (tertiary/aromatic N) is 2. The summed E-state index contributed by atoms with van der Waals surface area (Å²) in [6, 6.07) is 3.80. The van der Waals surface area contributed by atoms with Crippen LogP contribution in [0.5, 0.6) is 0 Å². The molecule has 0 unspecified atom stereocenters. The van der Waals surface area contributed by atoms with Crippen LogP contribution in [0, 0.1) is 11.8 Å². The molecule has 2 heterocycles. The Morgan fingerprint density at radius 2 is 2.10 bits per heavy atom. The largest absolute Gasteiger partial charge is 0.352 e. The summed E-state index contributed by atoms with van der Waals surface area (Å²) in [5, 5.41) is 2.95. The number of pyridine rings is 1. The number of hydrogen-bond acceptors (Lipinski definition) is 3. The summed E-state index contributed by atoms with van der Waals surface area (Å²) < 4.78 is 0. The number of likely N-dealkylation sites (tertiary alicyclic amines) is 1. The maximum atomic E-state index is 12.1. The molecule has 1 aromatic heterocycles. The molecule has 1 aromatic rings. The van der Waals surface area contributed by atoms with E-state index in [1.54, 1.807) is 12.4 Å². The molecule has 5 heteroatoms. The van der Waals surface area contributed by atoms with Crippen LogP contribution in [0.4, 0.5) is 0 Å². The van der Waals surface area contributed by atoms with Crippen LogP contribution >= 0.6 is 0 Å². The average molecular weight is 289 g/mol. The Kier molecular flexibility index (Phi) is 5.31. The first-order valence-corrected chi connectivity index (χ1v) is 7.53. The van der Waals surface area contributed by atoms with Crippen molar-refractivity contribution >= 4 is 11.8 Å². The van der Waals surface area contributed by atoms with Gasteiger partial charge in [-0.1, -0.05) is 19.9 Å². The lowest BCUT2D eigenvalue weighted by Gasteiger charge is -2.32. The van der Waals surface area contributed by atoms with E-state index in [-0.39, 0.29) is 23.7 Å². The molecule has 5 nitrogen and oxygen atoms in total. The summed E-state index contributed by atoms with van der Waals surface area (Å²) in [4.78, 5) is 29.9. The Morgan fingerprint density at radius 1 is 1.38 bits per heavy atom. The van der Waals surface area contributed by atoms with Gasteiger partial charge in [-0.2, -0.15) is 0 Å². The van der Waals surface area contributed by atoms with Gasteiger partial charge in [0.15, 0.2) is 0 Å². The van der Waals surface area contributed by atoms with Crippen LogP contribution in [0.3, 0.4) is 0 Å². The average Bonchev–Trinajstić information content (AvgIpc) is 2.53. The van der Waals surface area contributed by atoms with Crippen LogP contribution < -0.4 is 5.32 Å². The molecule has 0 spiro atoms. The molecule has 2 rings (SSSR count). The normalized spacial score (nSPS) is 16.0. The van der Waals surface area contributed by atoms with Gasteiger partial charge in [0.1, 0.15) is 0 Å². The zero-order valence-corrected chi connectivity index (χ0v) is 12.7. The topological polar surface area (TPSA) is 62.3 Å². The first-order chi connectivity index (χ1) is 10.1. The van der Waals surface area contributed by atoms with Gasteiger partial charge >= 0.3 is 0 Å². The van der Waals surface area contributed by atoms with Gasteiger partial charge in [-0.3, -0.25) is 14.6 Å². The third kappa shape index (κ3) is 4.28. The fraction of sp³-hybridized carbons (Fsp3) is 0.562. The van der Waals surface area contributed by atoms with Crippen molar-refractivity contribution in [1.29, 1.82) is 0 Å². The molecule has 114 valence electrons. The number of piperidine rings is 1. The second-order valence-corrected chi connectivity index (χ2v) is 5.83. The standard InChI is InChI=1S/C16H23N3O2/c1-12(2)16(21)19-8-5-14(6-9-19)15(20)18-11-13-4-3-7-17-10-13/h3-4,7,10,12,14H,5-6,8-9,11H2,1-2H3,(H,18,20). The predicted molar refractivity (Wildman–Crippen MR) is 80.2 cm³/mol. The van der Waals surface area contributed by atoms with Gasteiger partial charge in [0.05, 0.1) is 0 Å². The van der Waals surface area contributed by atoms with Crippen molar-refractivity contribution in [3.05, 3.63) is 30.1 Å². The van der Waals surface area contributed by atoms with Gasteiger partial charge in [0.2, 0.25) is 11.8 Å². The van der Waals surface area contributed by atoms with Gasteiger partial charge in [-0.05, 0) is 24.5 Å². The smallest absolute Gasteiger partial charge is 0.225 e. The van der Waals surface area contributed by atoms with Gasteiger partial charge in [-0.15, -0.1) is 0 Å². The Hall–Kier alpha value is -1.91. The van der Waals surface area contributed by atoms with Crippen LogP contribution in [-0.2, 0) is 16.1 Å². The Labute approximate surface area is 125 Å². The lowest BCUT2D eigenvalue weighted by molar-refractivity contribution is -0.138. The van der Waals surface area contributed by atoms with E-state index in [2.05, 4.69) is 10.3 Å². The van der Waals surface area contributed by atoms with E-state index in [4.69, 9.17) is 0 Å². The molecular formula is C16H23N3O2. The van der Waals surface area contributed by atoms with Gasteiger partial charge in [0.25, 0.3) is 0 Å². The van der Waals surface area contributed by atoms with E-state index in [1.165, 1.54) is 0 Å². The molecular weight excluding hydrogens is 266 g/mol. The van der Waals surface area contributed by atoms with Gasteiger partial charge < -0.3 is 10.2 Å². The number of carbonyl (C=O) groups is 2. The van der Waals surface area contributed by atoms with E-state index in [9.17, 15) is 9.59 Å². The van der Waals surface area contributed by atoms with Crippen LogP contribution in [0.2, 0.25) is 0 Å². The summed E-state index contributed by atoms with van der Waals surface area (Å²) in [7, 11) is 0. The number of rotatable bonds is 4. The van der Waals surface area contributed by atoms with Gasteiger partial charge in [-0.25, -0.2) is 0 Å². The lowest BCUT2D eigenvalue weighted by atomic mass is 9.95. The van der Waals surface area contributed by atoms with Crippen molar-refractivity contribution in [3.8, 4) is 0 Å². The highest BCUT2D eigenvalue weighted by Gasteiger charge is 2.27. The lowest BCUT2D eigenvalue weighted by Crippen LogP contribution is -2.44. The number of carbonyl (C=O) groups excluding carboxylic acids is 2. The minimum atomic E-state index is 0.0119. The van der Waals surface area contributed by atoms with E-state index >= 15 is 0 Å². The monoisotopic (exact) mass is 289 g/mol. The summed E-state index contributed by atoms with van der Waals surface area (Å²) in [6.07, 6.45) is 4.96. The second-order valence-electron chi connectivity index (χ2n) is 5.83. The Morgan fingerprint density at radius 3 is 2.67 bits per heavy atom. The van der Waals surface area contributed by atoms with Crippen molar-refractivity contribution in [1.82, 2.24) is 15.2 Å². The van der Waals surface area contributed by atoms with Crippen molar-refractivity contribution in [2.45, 2.75) is 33.2 Å². The molecule has 0 radical (unpaired) electrons. The minimum Gasteiger partial charge on any atom is -0.352 e. The molecule has 1 saturated heterocycles. The third-order valence-corrected chi connectivity index (χ3v) is 3.86. The quantitative estimate of drug-likeness (QED) is 0.915. The Bertz CT molecular complexity index is 480. The highest BCUT2D eigenvalue weighted by atomic mass is 16.2. The number of nitrogens with one attached hydrogen (secondary N) is 1. The number of aromatic nitrogens is 1. The number of amides is 2. The van der Waals surface area contributed by atoms with Crippen LogP contribution in [0.1, 0.15) is 32.3 Å². The van der Waals surface area contributed by atoms with E-state index in [0.717, 1.165) is 18.4 Å². The van der Waals surface area contributed by atoms with Crippen LogP contribution in [-0.4, -0.2) is 34.8 Å². The zero-order valence-electron chi connectivity index (χ0n) is 12.7. The van der Waals surface area contributed by atoms with E-state index < -0.39 is 0 Å².